The molecule has 25 heavy (non-hydrogen) atoms. The molecule has 5 nitrogen and oxygen atoms in total. The van der Waals surface area contributed by atoms with Crippen molar-refractivity contribution in [1.29, 1.82) is 5.26 Å². The van der Waals surface area contributed by atoms with Gasteiger partial charge in [-0.1, -0.05) is 23.9 Å². The van der Waals surface area contributed by atoms with Crippen LogP contribution in [-0.4, -0.2) is 21.6 Å². The van der Waals surface area contributed by atoms with E-state index in [0.717, 1.165) is 27.0 Å². The molecule has 1 amide bonds. The van der Waals surface area contributed by atoms with Gasteiger partial charge in [0.05, 0.1) is 22.5 Å². The summed E-state index contributed by atoms with van der Waals surface area (Å²) in [5, 5.41) is 14.2. The molecule has 126 valence electrons. The lowest BCUT2D eigenvalue weighted by atomic mass is 10.1. The number of carbonyl (C=O) groups excluding carboxylic acids is 1. The number of pyridine rings is 1. The molecular weight excluding hydrogens is 352 g/mol. The molecule has 0 unspecified atom stereocenters. The molecule has 3 aromatic rings. The normalized spacial score (nSPS) is 10.6. The van der Waals surface area contributed by atoms with E-state index < -0.39 is 0 Å². The zero-order valence-electron chi connectivity index (χ0n) is 14.1. The summed E-state index contributed by atoms with van der Waals surface area (Å²) in [6.07, 6.45) is 0. The summed E-state index contributed by atoms with van der Waals surface area (Å²) in [4.78, 5) is 22.1. The molecule has 0 saturated carbocycles. The number of hydrogen-bond donors (Lipinski definition) is 1. The molecule has 7 heteroatoms. The van der Waals surface area contributed by atoms with Gasteiger partial charge in [-0.2, -0.15) is 5.26 Å². The van der Waals surface area contributed by atoms with E-state index >= 15 is 0 Å². The lowest BCUT2D eigenvalue weighted by molar-refractivity contribution is -0.113. The van der Waals surface area contributed by atoms with Gasteiger partial charge < -0.3 is 5.32 Å². The molecule has 0 spiro atoms. The molecule has 0 aliphatic carbocycles. The molecule has 2 heterocycles. The monoisotopic (exact) mass is 368 g/mol. The molecule has 1 aromatic carbocycles. The maximum Gasteiger partial charge on any atom is 0.236 e. The van der Waals surface area contributed by atoms with E-state index in [1.54, 1.807) is 0 Å². The van der Waals surface area contributed by atoms with Gasteiger partial charge in [-0.05, 0) is 38.5 Å². The van der Waals surface area contributed by atoms with Gasteiger partial charge in [0, 0.05) is 10.3 Å². The number of nitrogens with zero attached hydrogens (tertiary/aromatic N) is 3. The zero-order chi connectivity index (χ0) is 18.0. The second kappa shape index (κ2) is 7.21. The Morgan fingerprint density at radius 1 is 1.28 bits per heavy atom. The number of amides is 1. The fourth-order valence-corrected chi connectivity index (χ4v) is 3.86. The van der Waals surface area contributed by atoms with Crippen LogP contribution in [0.3, 0.4) is 0 Å². The third-order valence-corrected chi connectivity index (χ3v) is 5.65. The van der Waals surface area contributed by atoms with Crippen LogP contribution >= 0.6 is 23.1 Å². The zero-order valence-corrected chi connectivity index (χ0v) is 15.7. The average Bonchev–Trinajstić information content (AvgIpc) is 2.89. The number of nitriles is 1. The van der Waals surface area contributed by atoms with Gasteiger partial charge in [0.2, 0.25) is 5.91 Å². The fraction of sp³-hybridized carbons (Fsp3) is 0.222. The van der Waals surface area contributed by atoms with Gasteiger partial charge in [-0.25, -0.2) is 9.97 Å². The van der Waals surface area contributed by atoms with Crippen LogP contribution in [0, 0.1) is 32.1 Å². The largest absolute Gasteiger partial charge is 0.301 e. The van der Waals surface area contributed by atoms with Gasteiger partial charge in [-0.3, -0.25) is 4.79 Å². The summed E-state index contributed by atoms with van der Waals surface area (Å²) >= 11 is 2.72. The Kier molecular flexibility index (Phi) is 5.02. The van der Waals surface area contributed by atoms with Crippen LogP contribution in [0.2, 0.25) is 0 Å². The molecule has 0 fully saturated rings. The molecule has 0 atom stereocenters. The predicted octanol–water partition coefficient (Wildman–Crippen LogP) is 4.22. The van der Waals surface area contributed by atoms with Gasteiger partial charge in [-0.15, -0.1) is 11.3 Å². The first-order valence-corrected chi connectivity index (χ1v) is 9.44. The number of fused-ring (bicyclic) bond motifs is 1. The number of carbonyl (C=O) groups is 1. The average molecular weight is 368 g/mol. The Hall–Kier alpha value is -2.43. The minimum absolute atomic E-state index is 0.159. The topological polar surface area (TPSA) is 78.7 Å². The lowest BCUT2D eigenvalue weighted by Crippen LogP contribution is -2.14. The molecule has 0 saturated heterocycles. The molecule has 0 bridgehead atoms. The molecular formula is C18H16N4OS2. The summed E-state index contributed by atoms with van der Waals surface area (Å²) in [7, 11) is 0. The summed E-state index contributed by atoms with van der Waals surface area (Å²) in [5.74, 6) is 0.0187. The number of benzene rings is 1. The van der Waals surface area contributed by atoms with Crippen molar-refractivity contribution in [3.05, 3.63) is 46.0 Å². The van der Waals surface area contributed by atoms with E-state index in [2.05, 4.69) is 21.4 Å². The quantitative estimate of drug-likeness (QED) is 0.698. The molecule has 1 N–H and O–H groups in total. The number of thiazole rings is 1. The van der Waals surface area contributed by atoms with Crippen LogP contribution in [-0.2, 0) is 4.79 Å². The highest BCUT2D eigenvalue weighted by Gasteiger charge is 2.12. The van der Waals surface area contributed by atoms with Gasteiger partial charge in [0.1, 0.15) is 11.1 Å². The number of rotatable bonds is 4. The first-order chi connectivity index (χ1) is 12.0. The molecule has 0 radical (unpaired) electrons. The second-order valence-electron chi connectivity index (χ2n) is 5.65. The van der Waals surface area contributed by atoms with Crippen LogP contribution in [0.1, 0.15) is 21.7 Å². The van der Waals surface area contributed by atoms with Crippen molar-refractivity contribution >= 4 is 45.0 Å². The van der Waals surface area contributed by atoms with E-state index in [0.29, 0.717) is 15.7 Å². The van der Waals surface area contributed by atoms with Gasteiger partial charge >= 0.3 is 0 Å². The van der Waals surface area contributed by atoms with Gasteiger partial charge in [0.15, 0.2) is 5.13 Å². The highest BCUT2D eigenvalue weighted by molar-refractivity contribution is 8.00. The standard InChI is InChI=1S/C18H16N4OS2/c1-10-4-5-13-7-14(8-19)17(21-15(13)6-10)24-9-16(23)22-18-20-11(2)12(3)25-18/h4-7H,9H2,1-3H3,(H,20,22,23). The number of thioether (sulfide) groups is 1. The van der Waals surface area contributed by atoms with E-state index in [1.807, 2.05) is 45.0 Å². The van der Waals surface area contributed by atoms with Crippen molar-refractivity contribution in [3.63, 3.8) is 0 Å². The van der Waals surface area contributed by atoms with Crippen molar-refractivity contribution in [2.45, 2.75) is 25.8 Å². The highest BCUT2D eigenvalue weighted by Crippen LogP contribution is 2.26. The third kappa shape index (κ3) is 3.98. The first-order valence-electron chi connectivity index (χ1n) is 7.64. The number of aromatic nitrogens is 2. The number of hydrogen-bond acceptors (Lipinski definition) is 6. The van der Waals surface area contributed by atoms with E-state index in [-0.39, 0.29) is 11.7 Å². The minimum Gasteiger partial charge on any atom is -0.301 e. The number of anilines is 1. The molecule has 2 aromatic heterocycles. The van der Waals surface area contributed by atoms with Crippen molar-refractivity contribution in [2.75, 3.05) is 11.1 Å². The van der Waals surface area contributed by atoms with Crippen LogP contribution in [0.5, 0.6) is 0 Å². The maximum absolute atomic E-state index is 12.1. The Labute approximate surface area is 154 Å². The summed E-state index contributed by atoms with van der Waals surface area (Å²) in [5.41, 5.74) is 3.34. The minimum atomic E-state index is -0.159. The van der Waals surface area contributed by atoms with Crippen molar-refractivity contribution < 1.29 is 4.79 Å². The van der Waals surface area contributed by atoms with Crippen LogP contribution in [0.15, 0.2) is 29.3 Å². The van der Waals surface area contributed by atoms with Gasteiger partial charge in [0.25, 0.3) is 0 Å². The van der Waals surface area contributed by atoms with Crippen molar-refractivity contribution in [3.8, 4) is 6.07 Å². The third-order valence-electron chi connectivity index (χ3n) is 3.67. The molecule has 3 rings (SSSR count). The summed E-state index contributed by atoms with van der Waals surface area (Å²) in [6.45, 7) is 5.88. The van der Waals surface area contributed by atoms with Crippen LogP contribution < -0.4 is 5.32 Å². The lowest BCUT2D eigenvalue weighted by Gasteiger charge is -2.06. The number of aryl methyl sites for hydroxylation is 3. The van der Waals surface area contributed by atoms with E-state index in [1.165, 1.54) is 23.1 Å². The first kappa shape index (κ1) is 17.4. The Morgan fingerprint density at radius 2 is 2.08 bits per heavy atom. The van der Waals surface area contributed by atoms with Crippen molar-refractivity contribution in [2.24, 2.45) is 0 Å². The Morgan fingerprint density at radius 3 is 2.76 bits per heavy atom. The second-order valence-corrected chi connectivity index (χ2v) is 7.81. The Bertz CT molecular complexity index is 985. The van der Waals surface area contributed by atoms with Crippen LogP contribution in [0.4, 0.5) is 5.13 Å². The van der Waals surface area contributed by atoms with Crippen molar-refractivity contribution in [1.82, 2.24) is 9.97 Å². The Balaban J connectivity index is 1.75. The summed E-state index contributed by atoms with van der Waals surface area (Å²) < 4.78 is 0. The fourth-order valence-electron chi connectivity index (χ4n) is 2.27. The SMILES string of the molecule is Cc1ccc2cc(C#N)c(SCC(=O)Nc3nc(C)c(C)s3)nc2c1. The van der Waals surface area contributed by atoms with Crippen LogP contribution in [0.25, 0.3) is 10.9 Å². The van der Waals surface area contributed by atoms with E-state index in [4.69, 9.17) is 0 Å². The molecule has 0 aliphatic heterocycles. The number of nitrogens with one attached hydrogen (secondary N) is 1. The summed E-state index contributed by atoms with van der Waals surface area (Å²) in [6, 6.07) is 9.89. The molecule has 0 aliphatic rings. The predicted molar refractivity (Wildman–Crippen MR) is 102 cm³/mol. The van der Waals surface area contributed by atoms with E-state index in [9.17, 15) is 10.1 Å². The maximum atomic E-state index is 12.1. The highest BCUT2D eigenvalue weighted by atomic mass is 32.2. The smallest absolute Gasteiger partial charge is 0.236 e.